The molecule has 139 valence electrons. The summed E-state index contributed by atoms with van der Waals surface area (Å²) in [4.78, 5) is 20.0. The van der Waals surface area contributed by atoms with Gasteiger partial charge in [-0.1, -0.05) is 0 Å². The van der Waals surface area contributed by atoms with Gasteiger partial charge in [0.05, 0.1) is 11.5 Å². The second-order valence-electron chi connectivity index (χ2n) is 2.79. The summed E-state index contributed by atoms with van der Waals surface area (Å²) in [6.45, 7) is 5.70. The van der Waals surface area contributed by atoms with Crippen molar-refractivity contribution in [2.24, 2.45) is 0 Å². The quantitative estimate of drug-likeness (QED) is 0.294. The fourth-order valence-electron chi connectivity index (χ4n) is 0.588. The van der Waals surface area contributed by atoms with E-state index in [-0.39, 0.29) is 73.0 Å². The van der Waals surface area contributed by atoms with Gasteiger partial charge in [0.2, 0.25) is 0 Å². The standard InChI is InChI=1S/2C5H8O2.Cu.6H2O/c2*1-4(6)3-5(2)7;;;;;;;/h2*3,6H,1-2H3;;6*1H2/b2*4-3-;;;;;;;. The number of aliphatic hydroxyl groups is 2. The molecule has 21 heavy (non-hydrogen) atoms. The van der Waals surface area contributed by atoms with Crippen LogP contribution < -0.4 is 0 Å². The van der Waals surface area contributed by atoms with Crippen molar-refractivity contribution in [3.05, 3.63) is 23.7 Å². The first-order valence-electron chi connectivity index (χ1n) is 4.01. The SMILES string of the molecule is CC(=O)/C=C(/C)O.CC(=O)/C=C(/C)O.O.O.O.O.O.O.[Cu]. The number of aliphatic hydroxyl groups excluding tert-OH is 2. The van der Waals surface area contributed by atoms with Gasteiger partial charge in [-0.05, 0) is 27.7 Å². The van der Waals surface area contributed by atoms with E-state index in [2.05, 4.69) is 0 Å². The second-order valence-corrected chi connectivity index (χ2v) is 2.79. The third kappa shape index (κ3) is 116. The molecule has 14 N–H and O–H groups in total. The third-order valence-corrected chi connectivity index (χ3v) is 0.824. The fourth-order valence-corrected chi connectivity index (χ4v) is 0.588. The summed E-state index contributed by atoms with van der Waals surface area (Å²) in [5.41, 5.74) is 0. The Hall–Kier alpha value is -1.30. The van der Waals surface area contributed by atoms with Gasteiger partial charge in [-0.3, -0.25) is 9.59 Å². The minimum Gasteiger partial charge on any atom is -0.512 e. The number of rotatable bonds is 2. The topological polar surface area (TPSA) is 264 Å². The molecule has 1 radical (unpaired) electrons. The van der Waals surface area contributed by atoms with Crippen molar-refractivity contribution in [1.82, 2.24) is 0 Å². The van der Waals surface area contributed by atoms with Crippen molar-refractivity contribution in [3.63, 3.8) is 0 Å². The molecule has 11 heteroatoms. The first-order valence-corrected chi connectivity index (χ1v) is 4.01. The Morgan fingerprint density at radius 2 is 0.762 bits per heavy atom. The van der Waals surface area contributed by atoms with Crippen LogP contribution in [0.25, 0.3) is 0 Å². The molecule has 0 bridgehead atoms. The number of hydrogen-bond acceptors (Lipinski definition) is 4. The van der Waals surface area contributed by atoms with Crippen LogP contribution in [0, 0.1) is 0 Å². The van der Waals surface area contributed by atoms with Crippen LogP contribution in [0.4, 0.5) is 0 Å². The molecule has 0 aliphatic carbocycles. The first kappa shape index (κ1) is 60.2. The van der Waals surface area contributed by atoms with E-state index in [1.54, 1.807) is 0 Å². The van der Waals surface area contributed by atoms with E-state index < -0.39 is 0 Å². The first-order chi connectivity index (χ1) is 6.25. The molecule has 0 heterocycles. The maximum atomic E-state index is 10.0. The molecule has 0 saturated heterocycles. The van der Waals surface area contributed by atoms with E-state index in [0.29, 0.717) is 0 Å². The van der Waals surface area contributed by atoms with E-state index in [9.17, 15) is 9.59 Å². The minimum absolute atomic E-state index is 0. The van der Waals surface area contributed by atoms with E-state index in [1.165, 1.54) is 39.8 Å². The van der Waals surface area contributed by atoms with Crippen LogP contribution in [-0.2, 0) is 26.7 Å². The summed E-state index contributed by atoms with van der Waals surface area (Å²) >= 11 is 0. The molecule has 0 saturated carbocycles. The molecule has 0 unspecified atom stereocenters. The molecule has 0 fully saturated rings. The molecule has 0 amide bonds. The maximum absolute atomic E-state index is 10.0. The van der Waals surface area contributed by atoms with Crippen molar-refractivity contribution >= 4 is 11.6 Å². The zero-order valence-corrected chi connectivity index (χ0v) is 13.1. The van der Waals surface area contributed by atoms with Gasteiger partial charge in [0.1, 0.15) is 0 Å². The smallest absolute Gasteiger partial charge is 0.155 e. The molecule has 0 rings (SSSR count). The van der Waals surface area contributed by atoms with Crippen LogP contribution in [0.5, 0.6) is 0 Å². The van der Waals surface area contributed by atoms with Gasteiger partial charge in [-0.25, -0.2) is 0 Å². The van der Waals surface area contributed by atoms with Crippen molar-refractivity contribution in [1.29, 1.82) is 0 Å². The Balaban J connectivity index is -0.0000000147. The van der Waals surface area contributed by atoms with Crippen LogP contribution in [0.1, 0.15) is 27.7 Å². The fraction of sp³-hybridized carbons (Fsp3) is 0.400. The molecular weight excluding hydrogens is 344 g/mol. The zero-order valence-electron chi connectivity index (χ0n) is 12.2. The molecule has 0 spiro atoms. The van der Waals surface area contributed by atoms with E-state index >= 15 is 0 Å². The minimum atomic E-state index is -0.125. The summed E-state index contributed by atoms with van der Waals surface area (Å²) in [5, 5.41) is 16.7. The molecule has 10 nitrogen and oxygen atoms in total. The van der Waals surface area contributed by atoms with Gasteiger partial charge >= 0.3 is 0 Å². The zero-order chi connectivity index (χ0) is 11.7. The summed E-state index contributed by atoms with van der Waals surface area (Å²) in [7, 11) is 0. The Labute approximate surface area is 133 Å². The third-order valence-electron chi connectivity index (χ3n) is 0.824. The van der Waals surface area contributed by atoms with Crippen LogP contribution in [0.2, 0.25) is 0 Å². The van der Waals surface area contributed by atoms with Gasteiger partial charge in [0, 0.05) is 29.2 Å². The molecule has 0 aromatic carbocycles. The van der Waals surface area contributed by atoms with Crippen LogP contribution in [0.3, 0.4) is 0 Å². The number of ketones is 2. The van der Waals surface area contributed by atoms with Gasteiger partial charge < -0.3 is 43.1 Å². The van der Waals surface area contributed by atoms with Crippen molar-refractivity contribution < 1.29 is 69.7 Å². The van der Waals surface area contributed by atoms with E-state index in [4.69, 9.17) is 10.2 Å². The van der Waals surface area contributed by atoms with Crippen molar-refractivity contribution in [2.45, 2.75) is 27.7 Å². The summed E-state index contributed by atoms with van der Waals surface area (Å²) in [6, 6.07) is 0. The van der Waals surface area contributed by atoms with Crippen molar-refractivity contribution in [3.8, 4) is 0 Å². The van der Waals surface area contributed by atoms with Crippen LogP contribution >= 0.6 is 0 Å². The van der Waals surface area contributed by atoms with Crippen LogP contribution in [-0.4, -0.2) is 54.6 Å². The predicted octanol–water partition coefficient (Wildman–Crippen LogP) is -2.88. The number of carbonyl (C=O) groups excluding carboxylic acids is 2. The number of allylic oxidation sites excluding steroid dienone is 4. The largest absolute Gasteiger partial charge is 0.512 e. The Bertz CT molecular complexity index is 239. The molecule has 0 aliphatic rings. The van der Waals surface area contributed by atoms with E-state index in [0.717, 1.165) is 0 Å². The summed E-state index contributed by atoms with van der Waals surface area (Å²) < 4.78 is 0. The van der Waals surface area contributed by atoms with Crippen molar-refractivity contribution in [2.75, 3.05) is 0 Å². The molecule has 0 aromatic rings. The van der Waals surface area contributed by atoms with Gasteiger partial charge in [0.25, 0.3) is 0 Å². The summed E-state index contributed by atoms with van der Waals surface area (Å²) in [5.74, 6) is -0.125. The molecule has 0 aromatic heterocycles. The van der Waals surface area contributed by atoms with Gasteiger partial charge in [-0.2, -0.15) is 0 Å². The second kappa shape index (κ2) is 36.3. The monoisotopic (exact) mass is 371 g/mol. The Morgan fingerprint density at radius 1 is 0.619 bits per heavy atom. The summed E-state index contributed by atoms with van der Waals surface area (Å²) in [6.07, 6.45) is 2.33. The van der Waals surface area contributed by atoms with E-state index in [1.807, 2.05) is 0 Å². The number of carbonyl (C=O) groups is 2. The molecular formula is C10H28CuO10. The number of hydrogen-bond donors (Lipinski definition) is 2. The predicted molar refractivity (Wildman–Crippen MR) is 75.8 cm³/mol. The average Bonchev–Trinajstić information content (AvgIpc) is 1.79. The normalized spacial score (nSPS) is 7.62. The molecule has 0 atom stereocenters. The van der Waals surface area contributed by atoms with Gasteiger partial charge in [-0.15, -0.1) is 0 Å². The maximum Gasteiger partial charge on any atom is 0.155 e. The van der Waals surface area contributed by atoms with Crippen LogP contribution in [0.15, 0.2) is 23.7 Å². The average molecular weight is 372 g/mol. The Kier molecular flexibility index (Phi) is 104. The Morgan fingerprint density at radius 3 is 0.762 bits per heavy atom. The molecule has 0 aliphatic heterocycles. The van der Waals surface area contributed by atoms with Gasteiger partial charge in [0.15, 0.2) is 11.6 Å².